The average molecular weight is 383 g/mol. The van der Waals surface area contributed by atoms with Crippen molar-refractivity contribution in [1.29, 1.82) is 0 Å². The monoisotopic (exact) mass is 383 g/mol. The molecule has 0 spiro atoms. The summed E-state index contributed by atoms with van der Waals surface area (Å²) < 4.78 is 23.0. The second-order valence-corrected chi connectivity index (χ2v) is 5.59. The lowest BCUT2D eigenvalue weighted by atomic mass is 10.1. The molecule has 10 nitrogen and oxygen atoms in total. The third kappa shape index (κ3) is 44.9. The van der Waals surface area contributed by atoms with E-state index in [9.17, 15) is 4.57 Å². The number of unbranched alkanes of at least 4 members (excludes halogenated alkanes) is 5. The van der Waals surface area contributed by atoms with Crippen molar-refractivity contribution in [2.45, 2.75) is 51.6 Å². The lowest BCUT2D eigenvalue weighted by Gasteiger charge is -2.04. The summed E-state index contributed by atoms with van der Waals surface area (Å²) in [6, 6.07) is 0. The van der Waals surface area contributed by atoms with Crippen LogP contribution in [0.15, 0.2) is 0 Å². The van der Waals surface area contributed by atoms with Crippen molar-refractivity contribution >= 4 is 16.5 Å². The van der Waals surface area contributed by atoms with Crippen LogP contribution in [0.5, 0.6) is 0 Å². The predicted octanol–water partition coefficient (Wildman–Crippen LogP) is 1.14. The van der Waals surface area contributed by atoms with E-state index in [1.165, 1.54) is 19.3 Å². The zero-order valence-electron chi connectivity index (χ0n) is 13.5. The Bertz CT molecular complexity index is 262. The Labute approximate surface area is 138 Å². The molecule has 0 saturated heterocycles. The van der Waals surface area contributed by atoms with Crippen LogP contribution in [0.4, 0.5) is 0 Å². The number of aliphatic hydroxyl groups is 3. The van der Waals surface area contributed by atoms with E-state index < -0.39 is 22.6 Å². The van der Waals surface area contributed by atoms with Gasteiger partial charge in [-0.2, -0.15) is 0 Å². The van der Waals surface area contributed by atoms with E-state index >= 15 is 0 Å². The lowest BCUT2D eigenvalue weighted by Crippen LogP contribution is -2.15. The van der Waals surface area contributed by atoms with Crippen LogP contribution < -0.4 is 6.15 Å². The molecule has 0 amide bonds. The highest BCUT2D eigenvalue weighted by Crippen LogP contribution is 2.35. The van der Waals surface area contributed by atoms with Crippen molar-refractivity contribution in [3.63, 3.8) is 0 Å². The predicted molar refractivity (Wildman–Crippen MR) is 86.4 cm³/mol. The van der Waals surface area contributed by atoms with Gasteiger partial charge in [0.25, 0.3) is 0 Å². The second-order valence-electron chi connectivity index (χ2n) is 4.19. The first-order chi connectivity index (χ1) is 10.3. The molecule has 0 unspecified atom stereocenters. The van der Waals surface area contributed by atoms with Gasteiger partial charge in [-0.15, -0.1) is 0 Å². The smallest absolute Gasteiger partial charge is 0.394 e. The van der Waals surface area contributed by atoms with Crippen LogP contribution in [0.3, 0.4) is 0 Å². The highest BCUT2D eigenvalue weighted by atomic mass is 31.2. The molecule has 0 aromatic rings. The maximum absolute atomic E-state index is 10.2. The Hall–Kier alpha value is 0.01000. The summed E-state index contributed by atoms with van der Waals surface area (Å²) >= 11 is 0. The average Bonchev–Trinajstić information content (AvgIpc) is 2.46. The maximum Gasteiger partial charge on any atom is 0.469 e. The SMILES string of the molecule is CCCCCCCCOP(=O)(O)O.N.O=PO.OCC(O)CO. The molecule has 0 aromatic carbocycles. The fourth-order valence-corrected chi connectivity index (χ4v) is 1.49. The fraction of sp³-hybridized carbons (Fsp3) is 1.00. The maximum atomic E-state index is 10.2. The minimum atomic E-state index is -4.23. The van der Waals surface area contributed by atoms with Crippen LogP contribution in [-0.4, -0.2) is 55.9 Å². The summed E-state index contributed by atoms with van der Waals surface area (Å²) in [5, 5.41) is 24.0. The fourth-order valence-electron chi connectivity index (χ4n) is 1.12. The van der Waals surface area contributed by atoms with E-state index in [-0.39, 0.29) is 26.0 Å². The molecule has 0 bridgehead atoms. The molecule has 0 rings (SSSR count). The zero-order chi connectivity index (χ0) is 17.9. The number of hydrogen-bond donors (Lipinski definition) is 7. The van der Waals surface area contributed by atoms with Gasteiger partial charge in [-0.25, -0.2) is 9.13 Å². The number of hydrogen-bond acceptors (Lipinski definition) is 7. The van der Waals surface area contributed by atoms with Gasteiger partial charge in [0.15, 0.2) is 0 Å². The Balaban J connectivity index is -0.000000151. The van der Waals surface area contributed by atoms with Gasteiger partial charge in [0.1, 0.15) is 6.10 Å². The number of rotatable bonds is 10. The molecule has 0 aliphatic carbocycles. The van der Waals surface area contributed by atoms with E-state index in [0.717, 1.165) is 19.3 Å². The van der Waals surface area contributed by atoms with Gasteiger partial charge in [0.05, 0.1) is 19.8 Å². The summed E-state index contributed by atoms with van der Waals surface area (Å²) in [6.07, 6.45) is 5.53. The van der Waals surface area contributed by atoms with Gasteiger partial charge in [0.2, 0.25) is 0 Å². The molecule has 144 valence electrons. The molecular weight excluding hydrogens is 352 g/mol. The molecule has 0 heterocycles. The van der Waals surface area contributed by atoms with Gasteiger partial charge in [0, 0.05) is 0 Å². The lowest BCUT2D eigenvalue weighted by molar-refractivity contribution is 0.0450. The minimum Gasteiger partial charge on any atom is -0.394 e. The van der Waals surface area contributed by atoms with Gasteiger partial charge in [-0.05, 0) is 6.42 Å². The highest BCUT2D eigenvalue weighted by molar-refractivity contribution is 7.46. The first-order valence-electron chi connectivity index (χ1n) is 6.85. The first kappa shape index (κ1) is 30.8. The van der Waals surface area contributed by atoms with Crippen LogP contribution >= 0.6 is 16.5 Å². The van der Waals surface area contributed by atoms with Crippen molar-refractivity contribution in [3.05, 3.63) is 0 Å². The van der Waals surface area contributed by atoms with Crippen molar-refractivity contribution < 1.29 is 43.7 Å². The topological polar surface area (TPSA) is 200 Å². The van der Waals surface area contributed by atoms with E-state index in [0.29, 0.717) is 0 Å². The number of phosphoric ester groups is 1. The minimum absolute atomic E-state index is 0. The summed E-state index contributed by atoms with van der Waals surface area (Å²) in [6.45, 7) is 1.58. The molecule has 23 heavy (non-hydrogen) atoms. The van der Waals surface area contributed by atoms with Gasteiger partial charge in [-0.3, -0.25) is 4.52 Å². The van der Waals surface area contributed by atoms with Crippen LogP contribution in [0.2, 0.25) is 0 Å². The van der Waals surface area contributed by atoms with Crippen LogP contribution in [0, 0.1) is 0 Å². The van der Waals surface area contributed by atoms with Crippen molar-refractivity contribution in [1.82, 2.24) is 6.15 Å². The molecule has 0 aromatic heterocycles. The molecule has 12 heteroatoms. The van der Waals surface area contributed by atoms with Gasteiger partial charge < -0.3 is 36.2 Å². The first-order valence-corrected chi connectivity index (χ1v) is 9.15. The third-order valence-electron chi connectivity index (χ3n) is 2.18. The number of phosphoric acid groups is 1. The summed E-state index contributed by atoms with van der Waals surface area (Å²) in [7, 11) is -5.06. The standard InChI is InChI=1S/C8H19O4P.C3H8O3.H3N.HO2P/c1-2-3-4-5-6-7-8-12-13(9,10)11;4-1-3(6)2-5;;1-3-2/h2-8H2,1H3,(H2,9,10,11);3-6H,1-2H2;1H3;(H,1,2). The Morgan fingerprint density at radius 2 is 1.43 bits per heavy atom. The molecular formula is C11H31NO9P2. The quantitative estimate of drug-likeness (QED) is 0.212. The van der Waals surface area contributed by atoms with Gasteiger partial charge >= 0.3 is 16.5 Å². The van der Waals surface area contributed by atoms with Crippen LogP contribution in [-0.2, 0) is 13.7 Å². The highest BCUT2D eigenvalue weighted by Gasteiger charge is 2.12. The zero-order valence-corrected chi connectivity index (χ0v) is 15.2. The summed E-state index contributed by atoms with van der Waals surface area (Å²) in [5.41, 5.74) is 0. The molecule has 0 radical (unpaired) electrons. The Kier molecular flexibility index (Phi) is 32.5. The van der Waals surface area contributed by atoms with Crippen LogP contribution in [0.25, 0.3) is 0 Å². The van der Waals surface area contributed by atoms with E-state index in [1.54, 1.807) is 0 Å². The van der Waals surface area contributed by atoms with Crippen molar-refractivity contribution in [3.8, 4) is 0 Å². The molecule has 0 saturated carbocycles. The van der Waals surface area contributed by atoms with Gasteiger partial charge in [-0.1, -0.05) is 39.0 Å². The third-order valence-corrected chi connectivity index (χ3v) is 2.70. The van der Waals surface area contributed by atoms with Crippen molar-refractivity contribution in [2.75, 3.05) is 19.8 Å². The second kappa shape index (κ2) is 24.3. The molecule has 0 atom stereocenters. The molecule has 9 N–H and O–H groups in total. The molecule has 0 aliphatic heterocycles. The largest absolute Gasteiger partial charge is 0.469 e. The van der Waals surface area contributed by atoms with Crippen LogP contribution in [0.1, 0.15) is 45.4 Å². The Morgan fingerprint density at radius 1 is 1.04 bits per heavy atom. The molecule has 0 fully saturated rings. The molecule has 0 aliphatic rings. The Morgan fingerprint density at radius 3 is 1.74 bits per heavy atom. The van der Waals surface area contributed by atoms with E-state index in [4.69, 9.17) is 34.6 Å². The van der Waals surface area contributed by atoms with E-state index in [2.05, 4.69) is 11.4 Å². The summed E-state index contributed by atoms with van der Waals surface area (Å²) in [4.78, 5) is 23.7. The van der Waals surface area contributed by atoms with Crippen molar-refractivity contribution in [2.24, 2.45) is 0 Å². The normalized spacial score (nSPS) is 10.3. The van der Waals surface area contributed by atoms with E-state index in [1.807, 2.05) is 0 Å². The summed E-state index contributed by atoms with van der Waals surface area (Å²) in [5.74, 6) is 0. The number of aliphatic hydroxyl groups excluding tert-OH is 3.